The van der Waals surface area contributed by atoms with E-state index in [2.05, 4.69) is 25.3 Å². The highest BCUT2D eigenvalue weighted by atomic mass is 19.1. The van der Waals surface area contributed by atoms with Crippen molar-refractivity contribution in [1.82, 2.24) is 35.1 Å². The molecule has 2 aliphatic rings. The Kier molecular flexibility index (Phi) is 11.5. The van der Waals surface area contributed by atoms with E-state index in [0.717, 1.165) is 6.42 Å². The summed E-state index contributed by atoms with van der Waals surface area (Å²) >= 11 is 0. The fraction of sp³-hybridized carbons (Fsp3) is 0.436. The number of nitrogens with one attached hydrogen (secondary N) is 3. The molecule has 2 saturated heterocycles. The average Bonchev–Trinajstić information content (AvgIpc) is 3.98. The van der Waals surface area contributed by atoms with E-state index in [1.165, 1.54) is 31.6 Å². The topological polar surface area (TPSA) is 189 Å². The molecular formula is C39H46F2N8O6. The number of methoxy groups -OCH3 is 1. The van der Waals surface area contributed by atoms with Gasteiger partial charge in [0.15, 0.2) is 6.10 Å². The number of imidazole rings is 2. The van der Waals surface area contributed by atoms with Crippen LogP contribution >= 0.6 is 0 Å². The summed E-state index contributed by atoms with van der Waals surface area (Å²) in [6.45, 7) is 8.14. The van der Waals surface area contributed by atoms with Crippen molar-refractivity contribution in [1.29, 1.82) is 0 Å². The predicted molar refractivity (Wildman–Crippen MR) is 198 cm³/mol. The van der Waals surface area contributed by atoms with Crippen LogP contribution in [0, 0.1) is 23.5 Å². The highest BCUT2D eigenvalue weighted by molar-refractivity contribution is 5.86. The maximum atomic E-state index is 15.7. The van der Waals surface area contributed by atoms with Crippen LogP contribution in [0.15, 0.2) is 48.8 Å². The molecule has 1 unspecified atom stereocenters. The average molecular weight is 761 g/mol. The Morgan fingerprint density at radius 1 is 0.800 bits per heavy atom. The number of primary amides is 1. The molecular weight excluding hydrogens is 714 g/mol. The Morgan fingerprint density at radius 2 is 1.29 bits per heavy atom. The Hall–Kier alpha value is -5.80. The first-order valence-electron chi connectivity index (χ1n) is 18.4. The second-order valence-corrected chi connectivity index (χ2v) is 14.6. The number of alkyl carbamates (subject to hydrolysis) is 1. The van der Waals surface area contributed by atoms with Gasteiger partial charge in [0.25, 0.3) is 5.91 Å². The Morgan fingerprint density at radius 3 is 1.71 bits per heavy atom. The van der Waals surface area contributed by atoms with Crippen molar-refractivity contribution < 1.29 is 37.4 Å². The van der Waals surface area contributed by atoms with Gasteiger partial charge in [0.1, 0.15) is 29.3 Å². The predicted octanol–water partition coefficient (Wildman–Crippen LogP) is 6.24. The summed E-state index contributed by atoms with van der Waals surface area (Å²) in [5.41, 5.74) is 7.46. The van der Waals surface area contributed by atoms with E-state index in [4.69, 9.17) is 15.2 Å². The van der Waals surface area contributed by atoms with Gasteiger partial charge in [0, 0.05) is 24.2 Å². The summed E-state index contributed by atoms with van der Waals surface area (Å²) in [6.07, 6.45) is 3.00. The van der Waals surface area contributed by atoms with Gasteiger partial charge >= 0.3 is 12.2 Å². The minimum absolute atomic E-state index is 0.182. The van der Waals surface area contributed by atoms with Gasteiger partial charge in [-0.1, -0.05) is 39.8 Å². The maximum Gasteiger partial charge on any atom is 0.407 e. The molecule has 0 spiro atoms. The minimum atomic E-state index is -1.03. The van der Waals surface area contributed by atoms with Crippen LogP contribution in [0.4, 0.5) is 18.4 Å². The molecule has 55 heavy (non-hydrogen) atoms. The molecule has 4 amide bonds. The van der Waals surface area contributed by atoms with Crippen molar-refractivity contribution in [3.8, 4) is 33.6 Å². The fourth-order valence-electron chi connectivity index (χ4n) is 7.38. The Balaban J connectivity index is 1.16. The number of nitrogens with two attached hydrogens (primary N) is 1. The van der Waals surface area contributed by atoms with Gasteiger partial charge < -0.3 is 40.3 Å². The summed E-state index contributed by atoms with van der Waals surface area (Å²) in [5.74, 6) is -1.20. The summed E-state index contributed by atoms with van der Waals surface area (Å²) in [7, 11) is 1.24. The third-order valence-corrected chi connectivity index (χ3v) is 10.2. The summed E-state index contributed by atoms with van der Waals surface area (Å²) in [5, 5.41) is 2.63. The lowest BCUT2D eigenvalue weighted by molar-refractivity contribution is -0.143. The first-order chi connectivity index (χ1) is 26.3. The lowest BCUT2D eigenvalue weighted by Gasteiger charge is -2.30. The van der Waals surface area contributed by atoms with Crippen molar-refractivity contribution in [2.24, 2.45) is 17.6 Å². The molecule has 6 rings (SSSR count). The van der Waals surface area contributed by atoms with E-state index < -0.39 is 42.0 Å². The van der Waals surface area contributed by atoms with Crippen molar-refractivity contribution >= 4 is 24.0 Å². The molecule has 14 nitrogen and oxygen atoms in total. The minimum Gasteiger partial charge on any atom is -0.453 e. The quantitative estimate of drug-likeness (QED) is 0.138. The SMILES string of the molecule is COC(=O)N[C@H](C(=O)N1CCCC1c1ncc(-c2ccc(-c3ccc(-c4cnc([C@@H]5CCCN5C(=O)[C@@H](OC(N)=O)C(C)C)[nH]4)c(F)c3)cc2F)[nH]1)C(C)C. The number of hydrogen-bond acceptors (Lipinski definition) is 8. The van der Waals surface area contributed by atoms with E-state index in [1.54, 1.807) is 47.9 Å². The zero-order chi connectivity index (χ0) is 39.6. The third kappa shape index (κ3) is 8.17. The van der Waals surface area contributed by atoms with Crippen LogP contribution in [0.3, 0.4) is 0 Å². The number of carbonyl (C=O) groups is 4. The van der Waals surface area contributed by atoms with Crippen LogP contribution in [0.25, 0.3) is 33.6 Å². The number of likely N-dealkylation sites (tertiary alicyclic amines) is 2. The van der Waals surface area contributed by atoms with Gasteiger partial charge in [-0.15, -0.1) is 0 Å². The van der Waals surface area contributed by atoms with Crippen LogP contribution in [0.1, 0.15) is 77.1 Å². The molecule has 5 N–H and O–H groups in total. The van der Waals surface area contributed by atoms with Crippen LogP contribution in [-0.2, 0) is 19.1 Å². The van der Waals surface area contributed by atoms with Crippen LogP contribution in [0.2, 0.25) is 0 Å². The second kappa shape index (κ2) is 16.3. The summed E-state index contributed by atoms with van der Waals surface area (Å²) in [6, 6.07) is 7.63. The number of aromatic amines is 2. The van der Waals surface area contributed by atoms with E-state index in [9.17, 15) is 19.2 Å². The fourth-order valence-corrected chi connectivity index (χ4v) is 7.38. The largest absolute Gasteiger partial charge is 0.453 e. The number of ether oxygens (including phenoxy) is 2. The number of nitrogens with zero attached hydrogens (tertiary/aromatic N) is 4. The molecule has 2 fully saturated rings. The van der Waals surface area contributed by atoms with Crippen LogP contribution in [-0.4, -0.2) is 86.1 Å². The molecule has 0 radical (unpaired) electrons. The van der Waals surface area contributed by atoms with Crippen LogP contribution < -0.4 is 11.1 Å². The Labute approximate surface area is 317 Å². The van der Waals surface area contributed by atoms with Crippen molar-refractivity contribution in [3.05, 3.63) is 72.1 Å². The Bertz CT molecular complexity index is 2060. The number of aromatic nitrogens is 4. The number of amides is 4. The maximum absolute atomic E-state index is 15.7. The van der Waals surface area contributed by atoms with E-state index in [0.29, 0.717) is 66.5 Å². The molecule has 4 aromatic rings. The van der Waals surface area contributed by atoms with Crippen molar-refractivity contribution in [3.63, 3.8) is 0 Å². The van der Waals surface area contributed by atoms with E-state index in [-0.39, 0.29) is 40.8 Å². The molecule has 292 valence electrons. The monoisotopic (exact) mass is 760 g/mol. The molecule has 2 aromatic heterocycles. The zero-order valence-electron chi connectivity index (χ0n) is 31.4. The van der Waals surface area contributed by atoms with Gasteiger partial charge in [-0.05, 0) is 72.9 Å². The lowest BCUT2D eigenvalue weighted by Crippen LogP contribution is -2.51. The van der Waals surface area contributed by atoms with Gasteiger partial charge in [-0.25, -0.2) is 28.3 Å². The number of carbonyl (C=O) groups excluding carboxylic acids is 4. The number of H-pyrrole nitrogens is 2. The van der Waals surface area contributed by atoms with Gasteiger partial charge in [-0.3, -0.25) is 9.59 Å². The first-order valence-corrected chi connectivity index (χ1v) is 18.4. The van der Waals surface area contributed by atoms with Crippen molar-refractivity contribution in [2.75, 3.05) is 20.2 Å². The normalized spacial score (nSPS) is 18.1. The number of hydrogen-bond donors (Lipinski definition) is 4. The molecule has 4 atom stereocenters. The van der Waals surface area contributed by atoms with Gasteiger partial charge in [-0.2, -0.15) is 0 Å². The second-order valence-electron chi connectivity index (χ2n) is 14.6. The van der Waals surface area contributed by atoms with Crippen molar-refractivity contribution in [2.45, 2.75) is 77.6 Å². The van der Waals surface area contributed by atoms with Gasteiger partial charge in [0.05, 0.1) is 43.0 Å². The van der Waals surface area contributed by atoms with Crippen LogP contribution in [0.5, 0.6) is 0 Å². The third-order valence-electron chi connectivity index (χ3n) is 10.2. The molecule has 2 aromatic carbocycles. The highest BCUT2D eigenvalue weighted by Gasteiger charge is 2.39. The smallest absolute Gasteiger partial charge is 0.407 e. The summed E-state index contributed by atoms with van der Waals surface area (Å²) < 4.78 is 41.1. The number of halogens is 2. The van der Waals surface area contributed by atoms with E-state index in [1.807, 2.05) is 13.8 Å². The molecule has 0 aliphatic carbocycles. The molecule has 0 bridgehead atoms. The molecule has 16 heteroatoms. The number of benzene rings is 2. The standard InChI is InChI=1S/C39H46F2N8O6/c1-20(2)32(47-39(53)54-5)36(50)48-14-6-8-30(48)34-43-18-28(45-34)24-12-10-22(16-26(24)40)23-11-13-25(27(41)17-23)29-19-44-35(46-29)31-9-7-15-49(31)37(51)33(21(3)4)55-38(42)52/h10-13,16-21,30-33H,6-9,14-15H2,1-5H3,(H2,42,52)(H,43,45)(H,44,46)(H,47,53)/t30?,31-,32-,33-/m0/s1. The lowest BCUT2D eigenvalue weighted by atomic mass is 10.00. The molecule has 2 aliphatic heterocycles. The molecule has 4 heterocycles. The zero-order valence-corrected chi connectivity index (χ0v) is 31.4. The molecule has 0 saturated carbocycles. The van der Waals surface area contributed by atoms with E-state index >= 15 is 8.78 Å². The highest BCUT2D eigenvalue weighted by Crippen LogP contribution is 2.36. The number of rotatable bonds is 11. The first kappa shape index (κ1) is 38.9. The van der Waals surface area contributed by atoms with Gasteiger partial charge in [0.2, 0.25) is 5.91 Å². The summed E-state index contributed by atoms with van der Waals surface area (Å²) in [4.78, 5) is 68.8.